The molecular weight excluding hydrogens is 234 g/mol. The van der Waals surface area contributed by atoms with Crippen molar-refractivity contribution in [1.29, 1.82) is 5.41 Å². The normalized spacial score (nSPS) is 11.4. The maximum Gasteiger partial charge on any atom is 0.338 e. The molecule has 0 aliphatic rings. The average molecular weight is 248 g/mol. The lowest BCUT2D eigenvalue weighted by atomic mass is 10.1. The zero-order valence-corrected chi connectivity index (χ0v) is 9.23. The first-order valence-electron chi connectivity index (χ1n) is 4.27. The summed E-state index contributed by atoms with van der Waals surface area (Å²) in [5.74, 6) is -1.04. The molecule has 2 N–H and O–H groups in total. The molecule has 13 heavy (non-hydrogen) atoms. The molecule has 0 atom stereocenters. The van der Waals surface area contributed by atoms with E-state index >= 15 is 0 Å². The molecule has 0 aromatic carbocycles. The van der Waals surface area contributed by atoms with E-state index in [9.17, 15) is 4.79 Å². The summed E-state index contributed by atoms with van der Waals surface area (Å²) < 4.78 is -0.0588. The smallest absolute Gasteiger partial charge is 0.338 e. The SMILES string of the molecule is CCCCC/C=C(\C(=N)Br)C(=O)O. The van der Waals surface area contributed by atoms with Gasteiger partial charge < -0.3 is 5.11 Å². The molecular formula is C9H14BrNO2. The van der Waals surface area contributed by atoms with Crippen LogP contribution in [0, 0.1) is 5.41 Å². The van der Waals surface area contributed by atoms with Crippen LogP contribution in [0.2, 0.25) is 0 Å². The first kappa shape index (κ1) is 12.4. The van der Waals surface area contributed by atoms with Crippen molar-refractivity contribution in [3.05, 3.63) is 11.6 Å². The third kappa shape index (κ3) is 5.58. The minimum absolute atomic E-state index is 0.0519. The lowest BCUT2D eigenvalue weighted by Gasteiger charge is -1.97. The van der Waals surface area contributed by atoms with Crippen molar-refractivity contribution < 1.29 is 9.90 Å². The first-order chi connectivity index (χ1) is 6.09. The van der Waals surface area contributed by atoms with Crippen LogP contribution in [0.25, 0.3) is 0 Å². The molecule has 0 saturated heterocycles. The van der Waals surface area contributed by atoms with Gasteiger partial charge in [0.15, 0.2) is 0 Å². The van der Waals surface area contributed by atoms with E-state index in [1.807, 2.05) is 0 Å². The minimum atomic E-state index is -1.04. The number of carbonyl (C=O) groups is 1. The molecule has 0 rings (SSSR count). The molecule has 0 amide bonds. The van der Waals surface area contributed by atoms with Gasteiger partial charge in [-0.15, -0.1) is 0 Å². The fourth-order valence-corrected chi connectivity index (χ4v) is 1.24. The summed E-state index contributed by atoms with van der Waals surface area (Å²) in [7, 11) is 0. The van der Waals surface area contributed by atoms with Crippen molar-refractivity contribution in [2.45, 2.75) is 32.6 Å². The van der Waals surface area contributed by atoms with Gasteiger partial charge in [-0.1, -0.05) is 25.8 Å². The maximum atomic E-state index is 10.6. The Labute approximate surface area is 86.5 Å². The van der Waals surface area contributed by atoms with Gasteiger partial charge in [0.25, 0.3) is 0 Å². The Balaban J connectivity index is 4.06. The number of hydrogen-bond acceptors (Lipinski definition) is 2. The predicted molar refractivity (Wildman–Crippen MR) is 56.5 cm³/mol. The van der Waals surface area contributed by atoms with Gasteiger partial charge in [-0.2, -0.15) is 0 Å². The Kier molecular flexibility index (Phi) is 6.49. The highest BCUT2D eigenvalue weighted by Gasteiger charge is 2.09. The topological polar surface area (TPSA) is 61.2 Å². The number of unbranched alkanes of at least 4 members (excludes halogenated alkanes) is 3. The number of carboxylic acid groups (broad SMARTS) is 1. The van der Waals surface area contributed by atoms with Gasteiger partial charge >= 0.3 is 5.97 Å². The van der Waals surface area contributed by atoms with E-state index in [0.29, 0.717) is 0 Å². The monoisotopic (exact) mass is 247 g/mol. The van der Waals surface area contributed by atoms with E-state index < -0.39 is 5.97 Å². The van der Waals surface area contributed by atoms with Gasteiger partial charge in [-0.25, -0.2) is 4.79 Å². The number of aliphatic carboxylic acids is 1. The molecule has 0 spiro atoms. The van der Waals surface area contributed by atoms with Crippen molar-refractivity contribution in [2.24, 2.45) is 0 Å². The van der Waals surface area contributed by atoms with Crippen molar-refractivity contribution >= 4 is 26.5 Å². The van der Waals surface area contributed by atoms with Crippen LogP contribution in [0.15, 0.2) is 11.6 Å². The number of rotatable bonds is 6. The second kappa shape index (κ2) is 6.83. The quantitative estimate of drug-likeness (QED) is 0.431. The molecule has 0 aliphatic heterocycles. The number of halogens is 1. The first-order valence-corrected chi connectivity index (χ1v) is 5.06. The van der Waals surface area contributed by atoms with E-state index in [0.717, 1.165) is 25.7 Å². The third-order valence-electron chi connectivity index (χ3n) is 1.62. The highest BCUT2D eigenvalue weighted by molar-refractivity contribution is 9.18. The number of carboxylic acids is 1. The minimum Gasteiger partial charge on any atom is -0.478 e. The summed E-state index contributed by atoms with van der Waals surface area (Å²) >= 11 is 2.84. The zero-order valence-electron chi connectivity index (χ0n) is 7.64. The zero-order chi connectivity index (χ0) is 10.3. The summed E-state index contributed by atoms with van der Waals surface area (Å²) in [5.41, 5.74) is 0.0519. The van der Waals surface area contributed by atoms with Crippen LogP contribution in [-0.4, -0.2) is 15.7 Å². The molecule has 0 unspecified atom stereocenters. The Morgan fingerprint density at radius 1 is 1.54 bits per heavy atom. The van der Waals surface area contributed by atoms with Crippen molar-refractivity contribution in [3.8, 4) is 0 Å². The van der Waals surface area contributed by atoms with Crippen molar-refractivity contribution in [3.63, 3.8) is 0 Å². The van der Waals surface area contributed by atoms with Gasteiger partial charge in [0.1, 0.15) is 4.62 Å². The average Bonchev–Trinajstić information content (AvgIpc) is 2.02. The van der Waals surface area contributed by atoms with Gasteiger partial charge in [0, 0.05) is 0 Å². The summed E-state index contributed by atoms with van der Waals surface area (Å²) in [6.45, 7) is 2.09. The number of allylic oxidation sites excluding steroid dienone is 1. The Morgan fingerprint density at radius 3 is 2.54 bits per heavy atom. The molecule has 0 aromatic rings. The molecule has 74 valence electrons. The summed E-state index contributed by atoms with van der Waals surface area (Å²) in [6, 6.07) is 0. The predicted octanol–water partition coefficient (Wildman–Crippen LogP) is 2.95. The van der Waals surface area contributed by atoms with E-state index in [1.165, 1.54) is 0 Å². The molecule has 0 heterocycles. The summed E-state index contributed by atoms with van der Waals surface area (Å²) in [4.78, 5) is 10.6. The molecule has 0 aliphatic carbocycles. The van der Waals surface area contributed by atoms with Crippen LogP contribution in [0.5, 0.6) is 0 Å². The molecule has 0 radical (unpaired) electrons. The molecule has 0 fully saturated rings. The molecule has 4 heteroatoms. The van der Waals surface area contributed by atoms with Crippen LogP contribution < -0.4 is 0 Å². The summed E-state index contributed by atoms with van der Waals surface area (Å²) in [5, 5.41) is 15.8. The van der Waals surface area contributed by atoms with Crippen LogP contribution >= 0.6 is 15.9 Å². The van der Waals surface area contributed by atoms with Crippen LogP contribution in [0.3, 0.4) is 0 Å². The van der Waals surface area contributed by atoms with Gasteiger partial charge in [-0.05, 0) is 28.8 Å². The van der Waals surface area contributed by atoms with Gasteiger partial charge in [-0.3, -0.25) is 5.41 Å². The fraction of sp³-hybridized carbons (Fsp3) is 0.556. The van der Waals surface area contributed by atoms with Crippen LogP contribution in [0.4, 0.5) is 0 Å². The number of nitrogens with one attached hydrogen (secondary N) is 1. The highest BCUT2D eigenvalue weighted by Crippen LogP contribution is 2.08. The lowest BCUT2D eigenvalue weighted by Crippen LogP contribution is -2.05. The number of hydrogen-bond donors (Lipinski definition) is 2. The highest BCUT2D eigenvalue weighted by atomic mass is 79.9. The fourth-order valence-electron chi connectivity index (χ4n) is 0.912. The second-order valence-corrected chi connectivity index (χ2v) is 3.53. The van der Waals surface area contributed by atoms with E-state index in [2.05, 4.69) is 22.9 Å². The molecule has 0 aromatic heterocycles. The van der Waals surface area contributed by atoms with E-state index in [-0.39, 0.29) is 10.2 Å². The van der Waals surface area contributed by atoms with Crippen molar-refractivity contribution in [2.75, 3.05) is 0 Å². The Hall–Kier alpha value is -0.640. The maximum absolute atomic E-state index is 10.6. The molecule has 0 bridgehead atoms. The molecule has 0 saturated carbocycles. The van der Waals surface area contributed by atoms with Gasteiger partial charge in [0.05, 0.1) is 5.57 Å². The third-order valence-corrected chi connectivity index (χ3v) is 2.05. The Bertz CT molecular complexity index is 208. The van der Waals surface area contributed by atoms with E-state index in [4.69, 9.17) is 10.5 Å². The Morgan fingerprint density at radius 2 is 2.15 bits per heavy atom. The van der Waals surface area contributed by atoms with Crippen LogP contribution in [-0.2, 0) is 4.79 Å². The van der Waals surface area contributed by atoms with Crippen LogP contribution in [0.1, 0.15) is 32.6 Å². The van der Waals surface area contributed by atoms with E-state index in [1.54, 1.807) is 6.08 Å². The molecule has 3 nitrogen and oxygen atoms in total. The van der Waals surface area contributed by atoms with Crippen molar-refractivity contribution in [1.82, 2.24) is 0 Å². The summed E-state index contributed by atoms with van der Waals surface area (Å²) in [6.07, 6.45) is 5.51. The van der Waals surface area contributed by atoms with Gasteiger partial charge in [0.2, 0.25) is 0 Å². The second-order valence-electron chi connectivity index (χ2n) is 2.73. The largest absolute Gasteiger partial charge is 0.478 e. The lowest BCUT2D eigenvalue weighted by molar-refractivity contribution is -0.132. The standard InChI is InChI=1S/C9H14BrNO2/c1-2-3-4-5-6-7(8(10)11)9(12)13/h6,11H,2-5H2,1H3,(H,12,13)/b7-6+,11-8?.